The van der Waals surface area contributed by atoms with Crippen LogP contribution in [0.15, 0.2) is 60.7 Å². The topological polar surface area (TPSA) is 59.1 Å². The van der Waals surface area contributed by atoms with E-state index in [1.54, 1.807) is 4.90 Å². The van der Waals surface area contributed by atoms with Gasteiger partial charge in [-0.2, -0.15) is 0 Å². The first-order valence-electron chi connectivity index (χ1n) is 11.0. The van der Waals surface area contributed by atoms with Gasteiger partial charge in [0.05, 0.1) is 0 Å². The van der Waals surface area contributed by atoms with Gasteiger partial charge in [0.1, 0.15) is 0 Å². The second-order valence-corrected chi connectivity index (χ2v) is 8.48. The second-order valence-electron chi connectivity index (χ2n) is 8.48. The molecule has 32 heavy (non-hydrogen) atoms. The first-order valence-corrected chi connectivity index (χ1v) is 11.0. The number of nitrogens with zero attached hydrogens (tertiary/aromatic N) is 2. The third kappa shape index (κ3) is 3.88. The summed E-state index contributed by atoms with van der Waals surface area (Å²) in [4.78, 5) is 29.8. The van der Waals surface area contributed by atoms with Gasteiger partial charge in [-0.25, -0.2) is 0 Å². The van der Waals surface area contributed by atoms with Crippen molar-refractivity contribution in [2.75, 3.05) is 26.9 Å². The molecule has 6 heteroatoms. The van der Waals surface area contributed by atoms with Crippen molar-refractivity contribution < 1.29 is 19.1 Å². The van der Waals surface area contributed by atoms with Gasteiger partial charge in [-0.1, -0.05) is 42.5 Å². The van der Waals surface area contributed by atoms with Crippen molar-refractivity contribution in [1.82, 2.24) is 9.80 Å². The molecule has 0 unspecified atom stereocenters. The molecule has 3 aromatic carbocycles. The highest BCUT2D eigenvalue weighted by atomic mass is 16.7. The highest BCUT2D eigenvalue weighted by Crippen LogP contribution is 2.33. The summed E-state index contributed by atoms with van der Waals surface area (Å²) < 4.78 is 10.8. The molecule has 0 aromatic heterocycles. The molecule has 2 aliphatic heterocycles. The van der Waals surface area contributed by atoms with E-state index in [0.717, 1.165) is 33.4 Å². The maximum atomic E-state index is 13.2. The maximum absolute atomic E-state index is 13.2. The SMILES string of the molecule is CN(Cc1ccc2c(c1)OCO2)C(=O)C1CCN(C(=O)c2cccc3ccccc23)CC1. The molecule has 0 saturated carbocycles. The minimum atomic E-state index is -0.0643. The fourth-order valence-electron chi connectivity index (χ4n) is 4.61. The van der Waals surface area contributed by atoms with E-state index >= 15 is 0 Å². The zero-order chi connectivity index (χ0) is 22.1. The third-order valence-electron chi connectivity index (χ3n) is 6.38. The fourth-order valence-corrected chi connectivity index (χ4v) is 4.61. The Morgan fingerprint density at radius 1 is 0.969 bits per heavy atom. The Kier molecular flexibility index (Phi) is 5.43. The summed E-state index contributed by atoms with van der Waals surface area (Å²) >= 11 is 0. The van der Waals surface area contributed by atoms with E-state index < -0.39 is 0 Å². The van der Waals surface area contributed by atoms with Crippen molar-refractivity contribution in [3.8, 4) is 11.5 Å². The molecule has 2 heterocycles. The van der Waals surface area contributed by atoms with Crippen LogP contribution in [0.5, 0.6) is 11.5 Å². The summed E-state index contributed by atoms with van der Waals surface area (Å²) in [5.41, 5.74) is 1.74. The third-order valence-corrected chi connectivity index (χ3v) is 6.38. The molecule has 2 amide bonds. The molecule has 1 fully saturated rings. The Morgan fingerprint density at radius 3 is 2.56 bits per heavy atom. The number of fused-ring (bicyclic) bond motifs is 2. The molecule has 164 valence electrons. The van der Waals surface area contributed by atoms with Gasteiger partial charge in [-0.15, -0.1) is 0 Å². The van der Waals surface area contributed by atoms with Crippen LogP contribution in [0.1, 0.15) is 28.8 Å². The lowest BCUT2D eigenvalue weighted by atomic mass is 9.94. The van der Waals surface area contributed by atoms with Gasteiger partial charge in [0, 0.05) is 38.2 Å². The number of likely N-dealkylation sites (tertiary alicyclic amines) is 1. The molecule has 0 spiro atoms. The summed E-state index contributed by atoms with van der Waals surface area (Å²) in [7, 11) is 1.83. The lowest BCUT2D eigenvalue weighted by Gasteiger charge is -2.33. The molecule has 0 radical (unpaired) electrons. The molecule has 5 rings (SSSR count). The average Bonchev–Trinajstić information content (AvgIpc) is 3.31. The zero-order valence-corrected chi connectivity index (χ0v) is 18.1. The summed E-state index contributed by atoms with van der Waals surface area (Å²) in [5.74, 6) is 1.57. The van der Waals surface area contributed by atoms with Gasteiger partial charge in [0.2, 0.25) is 12.7 Å². The predicted molar refractivity (Wildman–Crippen MR) is 122 cm³/mol. The molecule has 0 atom stereocenters. The lowest BCUT2D eigenvalue weighted by molar-refractivity contribution is -0.136. The summed E-state index contributed by atoms with van der Waals surface area (Å²) in [6.07, 6.45) is 1.36. The Labute approximate surface area is 187 Å². The van der Waals surface area contributed by atoms with Crippen LogP contribution < -0.4 is 9.47 Å². The van der Waals surface area contributed by atoms with Gasteiger partial charge < -0.3 is 19.3 Å². The van der Waals surface area contributed by atoms with Crippen molar-refractivity contribution in [3.05, 3.63) is 71.8 Å². The van der Waals surface area contributed by atoms with Gasteiger partial charge in [0.25, 0.3) is 5.91 Å². The lowest BCUT2D eigenvalue weighted by Crippen LogP contribution is -2.43. The number of ether oxygens (including phenoxy) is 2. The van der Waals surface area contributed by atoms with Crippen molar-refractivity contribution in [2.24, 2.45) is 5.92 Å². The van der Waals surface area contributed by atoms with Crippen LogP contribution in [0.2, 0.25) is 0 Å². The molecule has 6 nitrogen and oxygen atoms in total. The normalized spacial score (nSPS) is 15.7. The molecular formula is C26H26N2O4. The van der Waals surface area contributed by atoms with Gasteiger partial charge >= 0.3 is 0 Å². The summed E-state index contributed by atoms with van der Waals surface area (Å²) in [6, 6.07) is 19.6. The molecule has 2 aliphatic rings. The number of carbonyl (C=O) groups excluding carboxylic acids is 2. The maximum Gasteiger partial charge on any atom is 0.254 e. The number of amides is 2. The zero-order valence-electron chi connectivity index (χ0n) is 18.1. The Bertz CT molecular complexity index is 1160. The summed E-state index contributed by atoms with van der Waals surface area (Å²) in [6.45, 7) is 1.95. The number of carbonyl (C=O) groups is 2. The molecule has 0 N–H and O–H groups in total. The molecule has 3 aromatic rings. The first kappa shape index (κ1) is 20.4. The Hall–Kier alpha value is -3.54. The largest absolute Gasteiger partial charge is 0.454 e. The minimum absolute atomic E-state index is 0.0430. The van der Waals surface area contributed by atoms with Gasteiger partial charge in [-0.3, -0.25) is 9.59 Å². The number of hydrogen-bond donors (Lipinski definition) is 0. The van der Waals surface area contributed by atoms with E-state index in [4.69, 9.17) is 9.47 Å². The monoisotopic (exact) mass is 430 g/mol. The van der Waals surface area contributed by atoms with E-state index in [9.17, 15) is 9.59 Å². The highest BCUT2D eigenvalue weighted by molar-refractivity contribution is 6.07. The second kappa shape index (κ2) is 8.54. The Balaban J connectivity index is 1.20. The van der Waals surface area contributed by atoms with E-state index in [-0.39, 0.29) is 24.5 Å². The van der Waals surface area contributed by atoms with Gasteiger partial charge in [-0.05, 0) is 47.4 Å². The van der Waals surface area contributed by atoms with E-state index in [0.29, 0.717) is 32.5 Å². The van der Waals surface area contributed by atoms with Crippen molar-refractivity contribution in [2.45, 2.75) is 19.4 Å². The quantitative estimate of drug-likeness (QED) is 0.626. The number of hydrogen-bond acceptors (Lipinski definition) is 4. The van der Waals surface area contributed by atoms with Crippen LogP contribution >= 0.6 is 0 Å². The number of piperidine rings is 1. The number of rotatable bonds is 4. The van der Waals surface area contributed by atoms with Crippen LogP contribution in [0.25, 0.3) is 10.8 Å². The molecule has 0 bridgehead atoms. The smallest absolute Gasteiger partial charge is 0.254 e. The standard InChI is InChI=1S/C26H26N2O4/c1-27(16-18-9-10-23-24(15-18)32-17-31-23)25(29)20-11-13-28(14-12-20)26(30)22-8-4-6-19-5-2-3-7-21(19)22/h2-10,15,20H,11-14,16-17H2,1H3. The minimum Gasteiger partial charge on any atom is -0.454 e. The van der Waals surface area contributed by atoms with E-state index in [2.05, 4.69) is 0 Å². The highest BCUT2D eigenvalue weighted by Gasteiger charge is 2.30. The van der Waals surface area contributed by atoms with E-state index in [1.807, 2.05) is 72.6 Å². The molecular weight excluding hydrogens is 404 g/mol. The van der Waals surface area contributed by atoms with Crippen LogP contribution in [-0.4, -0.2) is 48.5 Å². The molecule has 0 aliphatic carbocycles. The van der Waals surface area contributed by atoms with Crippen LogP contribution in [0.4, 0.5) is 0 Å². The van der Waals surface area contributed by atoms with Crippen molar-refractivity contribution in [3.63, 3.8) is 0 Å². The van der Waals surface area contributed by atoms with Gasteiger partial charge in [0.15, 0.2) is 11.5 Å². The van der Waals surface area contributed by atoms with E-state index in [1.165, 1.54) is 0 Å². The van der Waals surface area contributed by atoms with Crippen LogP contribution in [0.3, 0.4) is 0 Å². The molecule has 1 saturated heterocycles. The fraction of sp³-hybridized carbons (Fsp3) is 0.308. The predicted octanol–water partition coefficient (Wildman–Crippen LogP) is 4.08. The first-order chi connectivity index (χ1) is 15.6. The Morgan fingerprint density at radius 2 is 1.72 bits per heavy atom. The summed E-state index contributed by atoms with van der Waals surface area (Å²) in [5, 5.41) is 2.04. The van der Waals surface area contributed by atoms with Crippen LogP contribution in [-0.2, 0) is 11.3 Å². The number of benzene rings is 3. The van der Waals surface area contributed by atoms with Crippen molar-refractivity contribution in [1.29, 1.82) is 0 Å². The van der Waals surface area contributed by atoms with Crippen molar-refractivity contribution >= 4 is 22.6 Å². The average molecular weight is 431 g/mol. The van der Waals surface area contributed by atoms with Crippen LogP contribution in [0, 0.1) is 5.92 Å².